The van der Waals surface area contributed by atoms with Gasteiger partial charge in [0.25, 0.3) is 0 Å². The molecule has 0 radical (unpaired) electrons. The Morgan fingerprint density at radius 3 is 2.50 bits per heavy atom. The number of methoxy groups -OCH3 is 1. The number of nitrogens with zero attached hydrogens (tertiary/aromatic N) is 1. The standard InChI is InChI=1S/C22H29N3O4S/c1-29-20-9-7-17(8-10-20)5-6-18-11-13-25(14-12-18)16-22(26)24-19-3-2-4-21(15-19)30(23,27)28/h2-4,7-10,15,18H,5-6,11-14,16H2,1H3,(H,24,26)(H2,23,27,28). The summed E-state index contributed by atoms with van der Waals surface area (Å²) >= 11 is 0. The summed E-state index contributed by atoms with van der Waals surface area (Å²) in [6.45, 7) is 2.07. The molecule has 0 bridgehead atoms. The number of hydrogen-bond donors (Lipinski definition) is 2. The number of ether oxygens (including phenoxy) is 1. The second-order valence-electron chi connectivity index (χ2n) is 7.73. The van der Waals surface area contributed by atoms with Crippen molar-refractivity contribution in [3.8, 4) is 5.75 Å². The second-order valence-corrected chi connectivity index (χ2v) is 9.29. The van der Waals surface area contributed by atoms with Gasteiger partial charge in [0.05, 0.1) is 18.6 Å². The van der Waals surface area contributed by atoms with E-state index in [0.717, 1.165) is 44.5 Å². The molecule has 3 rings (SSSR count). The molecule has 7 nitrogen and oxygen atoms in total. The first-order valence-corrected chi connectivity index (χ1v) is 11.7. The summed E-state index contributed by atoms with van der Waals surface area (Å²) in [4.78, 5) is 14.5. The van der Waals surface area contributed by atoms with Gasteiger partial charge in [-0.15, -0.1) is 0 Å². The molecule has 1 saturated heterocycles. The first kappa shape index (κ1) is 22.3. The van der Waals surface area contributed by atoms with E-state index in [4.69, 9.17) is 9.88 Å². The molecule has 0 aliphatic carbocycles. The van der Waals surface area contributed by atoms with Crippen molar-refractivity contribution in [1.82, 2.24) is 4.90 Å². The van der Waals surface area contributed by atoms with Crippen molar-refractivity contribution in [1.29, 1.82) is 0 Å². The summed E-state index contributed by atoms with van der Waals surface area (Å²) in [6, 6.07) is 14.2. The number of piperidine rings is 1. The molecule has 1 heterocycles. The van der Waals surface area contributed by atoms with E-state index in [9.17, 15) is 13.2 Å². The molecule has 2 aromatic carbocycles. The van der Waals surface area contributed by atoms with Crippen molar-refractivity contribution in [2.75, 3.05) is 32.1 Å². The summed E-state index contributed by atoms with van der Waals surface area (Å²) < 4.78 is 28.1. The van der Waals surface area contributed by atoms with Crippen LogP contribution in [0.5, 0.6) is 5.75 Å². The van der Waals surface area contributed by atoms with Crippen LogP contribution in [0.25, 0.3) is 0 Å². The zero-order valence-corrected chi connectivity index (χ0v) is 18.0. The summed E-state index contributed by atoms with van der Waals surface area (Å²) in [5.41, 5.74) is 1.75. The van der Waals surface area contributed by atoms with Crippen LogP contribution in [0.2, 0.25) is 0 Å². The molecule has 1 aliphatic heterocycles. The Hall–Kier alpha value is -2.42. The lowest BCUT2D eigenvalue weighted by atomic mass is 9.90. The molecule has 30 heavy (non-hydrogen) atoms. The predicted molar refractivity (Wildman–Crippen MR) is 117 cm³/mol. The van der Waals surface area contributed by atoms with Crippen LogP contribution in [0, 0.1) is 5.92 Å². The Morgan fingerprint density at radius 1 is 1.17 bits per heavy atom. The number of rotatable bonds is 8. The minimum atomic E-state index is -3.79. The Labute approximate surface area is 178 Å². The smallest absolute Gasteiger partial charge is 0.238 e. The highest BCUT2D eigenvalue weighted by Crippen LogP contribution is 2.23. The van der Waals surface area contributed by atoms with E-state index in [-0.39, 0.29) is 10.8 Å². The van der Waals surface area contributed by atoms with E-state index in [0.29, 0.717) is 18.2 Å². The second kappa shape index (κ2) is 10.1. The average molecular weight is 432 g/mol. The molecule has 0 spiro atoms. The van der Waals surface area contributed by atoms with Gasteiger partial charge in [0.1, 0.15) is 5.75 Å². The fourth-order valence-corrected chi connectivity index (χ4v) is 4.31. The molecule has 0 saturated carbocycles. The number of anilines is 1. The van der Waals surface area contributed by atoms with Crippen molar-refractivity contribution in [2.24, 2.45) is 11.1 Å². The number of sulfonamides is 1. The molecular formula is C22H29N3O4S. The monoisotopic (exact) mass is 431 g/mol. The number of benzene rings is 2. The molecule has 1 amide bonds. The third-order valence-electron chi connectivity index (χ3n) is 5.52. The highest BCUT2D eigenvalue weighted by molar-refractivity contribution is 7.89. The summed E-state index contributed by atoms with van der Waals surface area (Å²) in [7, 11) is -2.12. The van der Waals surface area contributed by atoms with E-state index in [1.807, 2.05) is 12.1 Å². The number of carbonyl (C=O) groups is 1. The Morgan fingerprint density at radius 2 is 1.87 bits per heavy atom. The van der Waals surface area contributed by atoms with Crippen LogP contribution in [-0.2, 0) is 21.2 Å². The van der Waals surface area contributed by atoms with Crippen molar-refractivity contribution in [2.45, 2.75) is 30.6 Å². The molecule has 2 aromatic rings. The van der Waals surface area contributed by atoms with Gasteiger partial charge in [0.2, 0.25) is 15.9 Å². The van der Waals surface area contributed by atoms with Crippen molar-refractivity contribution >= 4 is 21.6 Å². The van der Waals surface area contributed by atoms with E-state index >= 15 is 0 Å². The van der Waals surface area contributed by atoms with Crippen molar-refractivity contribution in [3.05, 3.63) is 54.1 Å². The highest BCUT2D eigenvalue weighted by Gasteiger charge is 2.21. The Bertz CT molecular complexity index is 953. The molecule has 1 fully saturated rings. The van der Waals surface area contributed by atoms with E-state index < -0.39 is 10.0 Å². The number of nitrogens with two attached hydrogens (primary N) is 1. The number of primary sulfonamides is 1. The minimum absolute atomic E-state index is 0.0158. The first-order chi connectivity index (χ1) is 14.3. The highest BCUT2D eigenvalue weighted by atomic mass is 32.2. The van der Waals surface area contributed by atoms with Gasteiger partial charge in [-0.2, -0.15) is 0 Å². The van der Waals surface area contributed by atoms with E-state index in [1.165, 1.54) is 17.7 Å². The summed E-state index contributed by atoms with van der Waals surface area (Å²) in [5, 5.41) is 7.90. The van der Waals surface area contributed by atoms with Crippen molar-refractivity contribution in [3.63, 3.8) is 0 Å². The zero-order valence-electron chi connectivity index (χ0n) is 17.2. The van der Waals surface area contributed by atoms with E-state index in [2.05, 4.69) is 22.3 Å². The number of likely N-dealkylation sites (tertiary alicyclic amines) is 1. The van der Waals surface area contributed by atoms with E-state index in [1.54, 1.807) is 19.2 Å². The topological polar surface area (TPSA) is 102 Å². The number of nitrogens with one attached hydrogen (secondary N) is 1. The van der Waals surface area contributed by atoms with Crippen molar-refractivity contribution < 1.29 is 17.9 Å². The van der Waals surface area contributed by atoms with Gasteiger partial charge in [-0.05, 0) is 80.6 Å². The van der Waals surface area contributed by atoms with Gasteiger partial charge in [-0.25, -0.2) is 13.6 Å². The van der Waals surface area contributed by atoms with Crippen LogP contribution in [-0.4, -0.2) is 46.0 Å². The average Bonchev–Trinajstić information content (AvgIpc) is 2.73. The van der Waals surface area contributed by atoms with Gasteiger partial charge in [-0.3, -0.25) is 9.69 Å². The lowest BCUT2D eigenvalue weighted by Crippen LogP contribution is -2.39. The SMILES string of the molecule is COc1ccc(CCC2CCN(CC(=O)Nc3cccc(S(N)(=O)=O)c3)CC2)cc1. The molecular weight excluding hydrogens is 402 g/mol. The van der Waals surface area contributed by atoms with Crippen LogP contribution in [0.15, 0.2) is 53.4 Å². The molecule has 3 N–H and O–H groups in total. The maximum absolute atomic E-state index is 12.3. The molecule has 8 heteroatoms. The lowest BCUT2D eigenvalue weighted by Gasteiger charge is -2.31. The fourth-order valence-electron chi connectivity index (χ4n) is 3.75. The zero-order chi connectivity index (χ0) is 21.6. The normalized spacial score (nSPS) is 15.7. The number of aryl methyl sites for hydroxylation is 1. The van der Waals surface area contributed by atoms with Crippen LogP contribution < -0.4 is 15.2 Å². The third kappa shape index (κ3) is 6.55. The molecule has 162 valence electrons. The quantitative estimate of drug-likeness (QED) is 0.669. The number of hydrogen-bond acceptors (Lipinski definition) is 5. The minimum Gasteiger partial charge on any atom is -0.497 e. The summed E-state index contributed by atoms with van der Waals surface area (Å²) in [5.74, 6) is 1.39. The van der Waals surface area contributed by atoms with Gasteiger partial charge in [-0.1, -0.05) is 18.2 Å². The molecule has 0 atom stereocenters. The lowest BCUT2D eigenvalue weighted by molar-refractivity contribution is -0.117. The number of amides is 1. The fraction of sp³-hybridized carbons (Fsp3) is 0.409. The molecule has 1 aliphatic rings. The van der Waals surface area contributed by atoms with Crippen LogP contribution in [0.4, 0.5) is 5.69 Å². The number of carbonyl (C=O) groups excluding carboxylic acids is 1. The summed E-state index contributed by atoms with van der Waals surface area (Å²) in [6.07, 6.45) is 4.34. The van der Waals surface area contributed by atoms with Gasteiger partial charge >= 0.3 is 0 Å². The van der Waals surface area contributed by atoms with Crippen LogP contribution in [0.1, 0.15) is 24.8 Å². The first-order valence-electron chi connectivity index (χ1n) is 10.1. The van der Waals surface area contributed by atoms with Gasteiger partial charge in [0, 0.05) is 5.69 Å². The van der Waals surface area contributed by atoms with Gasteiger partial charge in [0.15, 0.2) is 0 Å². The predicted octanol–water partition coefficient (Wildman–Crippen LogP) is 2.63. The van der Waals surface area contributed by atoms with Crippen LogP contribution in [0.3, 0.4) is 0 Å². The Kier molecular flexibility index (Phi) is 7.47. The third-order valence-corrected chi connectivity index (χ3v) is 6.43. The molecule has 0 unspecified atom stereocenters. The van der Waals surface area contributed by atoms with Gasteiger partial charge < -0.3 is 10.1 Å². The maximum atomic E-state index is 12.3. The Balaban J connectivity index is 1.41. The maximum Gasteiger partial charge on any atom is 0.238 e. The largest absolute Gasteiger partial charge is 0.497 e. The molecule has 0 aromatic heterocycles. The van der Waals surface area contributed by atoms with Crippen LogP contribution >= 0.6 is 0 Å².